The predicted octanol–water partition coefficient (Wildman–Crippen LogP) is 4.28. The van der Waals surface area contributed by atoms with Crippen LogP contribution in [-0.2, 0) is 16.1 Å². The molecule has 5 heteroatoms. The largest absolute Gasteiger partial charge is 0.489 e. The summed E-state index contributed by atoms with van der Waals surface area (Å²) in [6.07, 6.45) is 0.217. The average molecular weight is 334 g/mol. The van der Waals surface area contributed by atoms with E-state index in [1.54, 1.807) is 19.2 Å². The van der Waals surface area contributed by atoms with Crippen molar-refractivity contribution in [1.29, 1.82) is 0 Å². The maximum atomic E-state index is 11.8. The number of hydrogen-bond acceptors (Lipinski definition) is 3. The molecular formula is C18H20ClNO3. The SMILES string of the molecule is COC(C)CC(=O)Nc1ccc(OCc2ccccc2Cl)cc1. The number of carbonyl (C=O) groups excluding carboxylic acids is 1. The van der Waals surface area contributed by atoms with Crippen LogP contribution in [0.4, 0.5) is 5.69 Å². The van der Waals surface area contributed by atoms with E-state index in [1.165, 1.54) is 0 Å². The molecule has 0 saturated carbocycles. The molecule has 0 fully saturated rings. The fourth-order valence-electron chi connectivity index (χ4n) is 1.97. The molecule has 1 unspecified atom stereocenters. The lowest BCUT2D eigenvalue weighted by atomic mass is 10.2. The second-order valence-electron chi connectivity index (χ2n) is 5.20. The Kier molecular flexibility index (Phi) is 6.44. The minimum atomic E-state index is -0.103. The number of halogens is 1. The van der Waals surface area contributed by atoms with Crippen LogP contribution in [0.3, 0.4) is 0 Å². The Morgan fingerprint density at radius 3 is 2.52 bits per heavy atom. The van der Waals surface area contributed by atoms with Crippen LogP contribution in [0.15, 0.2) is 48.5 Å². The van der Waals surface area contributed by atoms with Gasteiger partial charge in [0.2, 0.25) is 5.91 Å². The summed E-state index contributed by atoms with van der Waals surface area (Å²) in [4.78, 5) is 11.8. The molecule has 4 nitrogen and oxygen atoms in total. The Balaban J connectivity index is 1.87. The molecule has 0 spiro atoms. The van der Waals surface area contributed by atoms with Gasteiger partial charge in [-0.2, -0.15) is 0 Å². The van der Waals surface area contributed by atoms with E-state index in [0.29, 0.717) is 23.8 Å². The number of ether oxygens (including phenoxy) is 2. The van der Waals surface area contributed by atoms with Gasteiger partial charge in [0.05, 0.1) is 12.5 Å². The van der Waals surface area contributed by atoms with Gasteiger partial charge in [-0.15, -0.1) is 0 Å². The Labute approximate surface area is 141 Å². The summed E-state index contributed by atoms with van der Waals surface area (Å²) in [5.41, 5.74) is 1.66. The zero-order chi connectivity index (χ0) is 16.7. The maximum Gasteiger partial charge on any atom is 0.226 e. The second-order valence-corrected chi connectivity index (χ2v) is 5.61. The molecule has 122 valence electrons. The molecule has 0 aliphatic rings. The van der Waals surface area contributed by atoms with Gasteiger partial charge in [0.1, 0.15) is 12.4 Å². The molecular weight excluding hydrogens is 314 g/mol. The van der Waals surface area contributed by atoms with Crippen LogP contribution in [0.5, 0.6) is 5.75 Å². The third kappa shape index (κ3) is 5.58. The van der Waals surface area contributed by atoms with E-state index in [1.807, 2.05) is 43.3 Å². The second kappa shape index (κ2) is 8.56. The molecule has 1 N–H and O–H groups in total. The van der Waals surface area contributed by atoms with Crippen molar-refractivity contribution in [1.82, 2.24) is 0 Å². The van der Waals surface area contributed by atoms with E-state index in [0.717, 1.165) is 11.3 Å². The fourth-order valence-corrected chi connectivity index (χ4v) is 2.16. The number of anilines is 1. The van der Waals surface area contributed by atoms with Crippen LogP contribution in [0, 0.1) is 0 Å². The first kappa shape index (κ1) is 17.3. The Morgan fingerprint density at radius 1 is 1.17 bits per heavy atom. The monoisotopic (exact) mass is 333 g/mol. The minimum Gasteiger partial charge on any atom is -0.489 e. The number of hydrogen-bond donors (Lipinski definition) is 1. The van der Waals surface area contributed by atoms with Gasteiger partial charge >= 0.3 is 0 Å². The molecule has 23 heavy (non-hydrogen) atoms. The zero-order valence-electron chi connectivity index (χ0n) is 13.2. The predicted molar refractivity (Wildman–Crippen MR) is 91.9 cm³/mol. The lowest BCUT2D eigenvalue weighted by Gasteiger charge is -2.11. The lowest BCUT2D eigenvalue weighted by molar-refractivity contribution is -0.118. The number of rotatable bonds is 7. The number of methoxy groups -OCH3 is 1. The Morgan fingerprint density at radius 2 is 1.87 bits per heavy atom. The highest BCUT2D eigenvalue weighted by Crippen LogP contribution is 2.20. The summed E-state index contributed by atoms with van der Waals surface area (Å²) in [6, 6.07) is 14.8. The molecule has 1 atom stereocenters. The highest BCUT2D eigenvalue weighted by molar-refractivity contribution is 6.31. The summed E-state index contributed by atoms with van der Waals surface area (Å²) in [5, 5.41) is 3.51. The van der Waals surface area contributed by atoms with Gasteiger partial charge in [0.25, 0.3) is 0 Å². The first-order valence-corrected chi connectivity index (χ1v) is 7.75. The van der Waals surface area contributed by atoms with Crippen LogP contribution >= 0.6 is 11.6 Å². The van der Waals surface area contributed by atoms with E-state index in [-0.39, 0.29) is 12.0 Å². The van der Waals surface area contributed by atoms with Crippen LogP contribution in [-0.4, -0.2) is 19.1 Å². The van der Waals surface area contributed by atoms with Crippen molar-refractivity contribution in [2.24, 2.45) is 0 Å². The minimum absolute atomic E-state index is 0.0796. The molecule has 1 amide bonds. The highest BCUT2D eigenvalue weighted by atomic mass is 35.5. The molecule has 0 radical (unpaired) electrons. The molecule has 2 aromatic carbocycles. The zero-order valence-corrected chi connectivity index (χ0v) is 14.0. The summed E-state index contributed by atoms with van der Waals surface area (Å²) >= 11 is 6.09. The smallest absolute Gasteiger partial charge is 0.226 e. The molecule has 2 aromatic rings. The molecule has 0 bridgehead atoms. The third-order valence-corrected chi connectivity index (χ3v) is 3.73. The van der Waals surface area contributed by atoms with E-state index in [9.17, 15) is 4.79 Å². The average Bonchev–Trinajstić information content (AvgIpc) is 2.55. The van der Waals surface area contributed by atoms with Crippen LogP contribution < -0.4 is 10.1 Å². The van der Waals surface area contributed by atoms with Gasteiger partial charge in [-0.05, 0) is 37.3 Å². The van der Waals surface area contributed by atoms with Gasteiger partial charge in [-0.3, -0.25) is 4.79 Å². The van der Waals surface area contributed by atoms with Crippen LogP contribution in [0.25, 0.3) is 0 Å². The number of nitrogens with one attached hydrogen (secondary N) is 1. The van der Waals surface area contributed by atoms with Gasteiger partial charge < -0.3 is 14.8 Å². The van der Waals surface area contributed by atoms with Crippen molar-refractivity contribution >= 4 is 23.2 Å². The molecule has 0 saturated heterocycles. The van der Waals surface area contributed by atoms with Gasteiger partial charge in [-0.1, -0.05) is 29.8 Å². The van der Waals surface area contributed by atoms with Crippen molar-refractivity contribution in [2.45, 2.75) is 26.1 Å². The standard InChI is InChI=1S/C18H20ClNO3/c1-13(22-2)11-18(21)20-15-7-9-16(10-8-15)23-12-14-5-3-4-6-17(14)19/h3-10,13H,11-12H2,1-2H3,(H,20,21). The van der Waals surface area contributed by atoms with Crippen LogP contribution in [0.1, 0.15) is 18.9 Å². The topological polar surface area (TPSA) is 47.6 Å². The van der Waals surface area contributed by atoms with E-state index in [4.69, 9.17) is 21.1 Å². The summed E-state index contributed by atoms with van der Waals surface area (Å²) < 4.78 is 10.8. The highest BCUT2D eigenvalue weighted by Gasteiger charge is 2.08. The summed E-state index contributed by atoms with van der Waals surface area (Å²) in [6.45, 7) is 2.25. The maximum absolute atomic E-state index is 11.8. The van der Waals surface area contributed by atoms with E-state index >= 15 is 0 Å². The first-order valence-electron chi connectivity index (χ1n) is 7.37. The third-order valence-electron chi connectivity index (χ3n) is 3.37. The molecule has 0 aromatic heterocycles. The van der Waals surface area contributed by atoms with Crippen molar-refractivity contribution in [2.75, 3.05) is 12.4 Å². The van der Waals surface area contributed by atoms with Crippen molar-refractivity contribution in [3.05, 3.63) is 59.1 Å². The molecule has 0 heterocycles. The summed E-state index contributed by atoms with van der Waals surface area (Å²) in [5.74, 6) is 0.636. The van der Waals surface area contributed by atoms with Crippen LogP contribution in [0.2, 0.25) is 5.02 Å². The molecule has 0 aliphatic heterocycles. The van der Waals surface area contributed by atoms with Gasteiger partial charge in [0.15, 0.2) is 0 Å². The van der Waals surface area contributed by atoms with E-state index in [2.05, 4.69) is 5.32 Å². The normalized spacial score (nSPS) is 11.8. The quantitative estimate of drug-likeness (QED) is 0.822. The molecule has 2 rings (SSSR count). The van der Waals surface area contributed by atoms with Crippen molar-refractivity contribution in [3.8, 4) is 5.75 Å². The fraction of sp³-hybridized carbons (Fsp3) is 0.278. The number of benzene rings is 2. The lowest BCUT2D eigenvalue weighted by Crippen LogP contribution is -2.18. The Bertz CT molecular complexity index is 643. The van der Waals surface area contributed by atoms with Gasteiger partial charge in [-0.25, -0.2) is 0 Å². The van der Waals surface area contributed by atoms with E-state index < -0.39 is 0 Å². The Hall–Kier alpha value is -2.04. The number of carbonyl (C=O) groups is 1. The molecule has 0 aliphatic carbocycles. The van der Waals surface area contributed by atoms with Crippen molar-refractivity contribution in [3.63, 3.8) is 0 Å². The van der Waals surface area contributed by atoms with Crippen molar-refractivity contribution < 1.29 is 14.3 Å². The first-order chi connectivity index (χ1) is 11.1. The van der Waals surface area contributed by atoms with Gasteiger partial charge in [0, 0.05) is 23.4 Å². The number of amides is 1. The summed E-state index contributed by atoms with van der Waals surface area (Å²) in [7, 11) is 1.59.